The number of fused-ring (bicyclic) bond motifs is 1. The maximum atomic E-state index is 11.0. The molecule has 94 valence electrons. The Morgan fingerprint density at radius 2 is 2.28 bits per heavy atom. The van der Waals surface area contributed by atoms with Gasteiger partial charge >= 0.3 is 5.97 Å². The molecule has 4 heteroatoms. The van der Waals surface area contributed by atoms with Gasteiger partial charge in [0.25, 0.3) is 0 Å². The number of hydrogen-bond acceptors (Lipinski definition) is 2. The van der Waals surface area contributed by atoms with Crippen LogP contribution in [-0.4, -0.2) is 20.6 Å². The van der Waals surface area contributed by atoms with Crippen molar-refractivity contribution < 1.29 is 9.90 Å². The van der Waals surface area contributed by atoms with Crippen LogP contribution in [-0.2, 0) is 13.0 Å². The van der Waals surface area contributed by atoms with Crippen molar-refractivity contribution in [2.24, 2.45) is 5.92 Å². The number of hydrogen-bond donors (Lipinski definition) is 1. The summed E-state index contributed by atoms with van der Waals surface area (Å²) in [5, 5.41) is 9.00. The first-order valence-electron chi connectivity index (χ1n) is 6.41. The van der Waals surface area contributed by atoms with Crippen molar-refractivity contribution >= 4 is 17.0 Å². The summed E-state index contributed by atoms with van der Waals surface area (Å²) >= 11 is 0. The van der Waals surface area contributed by atoms with Crippen LogP contribution in [0, 0.1) is 5.92 Å². The lowest BCUT2D eigenvalue weighted by Gasteiger charge is -2.06. The third-order valence-corrected chi connectivity index (χ3v) is 3.53. The van der Waals surface area contributed by atoms with E-state index in [4.69, 9.17) is 5.11 Å². The highest BCUT2D eigenvalue weighted by Gasteiger charge is 2.24. The van der Waals surface area contributed by atoms with Crippen molar-refractivity contribution in [1.82, 2.24) is 9.55 Å². The molecular formula is C14H16N2O2. The number of aryl methyl sites for hydroxylation is 1. The van der Waals surface area contributed by atoms with Gasteiger partial charge in [-0.05, 0) is 37.0 Å². The van der Waals surface area contributed by atoms with Gasteiger partial charge in [-0.2, -0.15) is 0 Å². The molecule has 18 heavy (non-hydrogen) atoms. The minimum absolute atomic E-state index is 0.307. The summed E-state index contributed by atoms with van der Waals surface area (Å²) in [5.41, 5.74) is 2.16. The van der Waals surface area contributed by atoms with E-state index in [1.54, 1.807) is 12.1 Å². The average molecular weight is 244 g/mol. The summed E-state index contributed by atoms with van der Waals surface area (Å²) in [7, 11) is 0. The largest absolute Gasteiger partial charge is 0.478 e. The van der Waals surface area contributed by atoms with Crippen LogP contribution < -0.4 is 0 Å². The highest BCUT2D eigenvalue weighted by Crippen LogP contribution is 2.32. The molecule has 4 nitrogen and oxygen atoms in total. The van der Waals surface area contributed by atoms with Crippen LogP contribution in [0.2, 0.25) is 0 Å². The van der Waals surface area contributed by atoms with Gasteiger partial charge in [-0.25, -0.2) is 9.78 Å². The smallest absolute Gasteiger partial charge is 0.335 e. The lowest BCUT2D eigenvalue weighted by molar-refractivity contribution is 0.0697. The van der Waals surface area contributed by atoms with Crippen LogP contribution in [0.5, 0.6) is 0 Å². The second kappa shape index (κ2) is 4.12. The van der Waals surface area contributed by atoms with E-state index in [1.165, 1.54) is 12.8 Å². The Bertz CT molecular complexity index is 612. The number of benzene rings is 1. The second-order valence-electron chi connectivity index (χ2n) is 4.94. The lowest BCUT2D eigenvalue weighted by Crippen LogP contribution is -2.04. The van der Waals surface area contributed by atoms with Crippen molar-refractivity contribution in [3.05, 3.63) is 29.6 Å². The summed E-state index contributed by atoms with van der Waals surface area (Å²) in [6.45, 7) is 3.11. The van der Waals surface area contributed by atoms with Crippen molar-refractivity contribution in [2.45, 2.75) is 32.7 Å². The zero-order valence-electron chi connectivity index (χ0n) is 10.4. The fraction of sp³-hybridized carbons (Fsp3) is 0.429. The van der Waals surface area contributed by atoms with Gasteiger partial charge in [0.2, 0.25) is 0 Å². The Balaban J connectivity index is 2.11. The van der Waals surface area contributed by atoms with E-state index in [9.17, 15) is 4.79 Å². The van der Waals surface area contributed by atoms with E-state index in [-0.39, 0.29) is 0 Å². The molecule has 1 N–H and O–H groups in total. The monoisotopic (exact) mass is 244 g/mol. The molecule has 3 rings (SSSR count). The minimum atomic E-state index is -0.897. The van der Waals surface area contributed by atoms with E-state index in [2.05, 4.69) is 16.5 Å². The van der Waals surface area contributed by atoms with E-state index in [0.29, 0.717) is 5.56 Å². The summed E-state index contributed by atoms with van der Waals surface area (Å²) in [5.74, 6) is 0.943. The number of nitrogens with zero attached hydrogens (tertiary/aromatic N) is 2. The highest BCUT2D eigenvalue weighted by atomic mass is 16.4. The van der Waals surface area contributed by atoms with Gasteiger partial charge in [0.05, 0.1) is 16.6 Å². The van der Waals surface area contributed by atoms with Crippen molar-refractivity contribution in [1.29, 1.82) is 0 Å². The van der Waals surface area contributed by atoms with E-state index in [0.717, 1.165) is 35.7 Å². The predicted octanol–water partition coefficient (Wildman–Crippen LogP) is 2.71. The number of carboxylic acids is 1. The Labute approximate surface area is 105 Å². The molecule has 0 saturated heterocycles. The summed E-state index contributed by atoms with van der Waals surface area (Å²) in [6, 6.07) is 5.21. The number of carboxylic acid groups (broad SMARTS) is 1. The molecule has 0 aliphatic heterocycles. The van der Waals surface area contributed by atoms with Crippen LogP contribution in [0.4, 0.5) is 0 Å². The van der Waals surface area contributed by atoms with Gasteiger partial charge in [0.1, 0.15) is 5.82 Å². The number of aromatic nitrogens is 2. The van der Waals surface area contributed by atoms with Crippen LogP contribution >= 0.6 is 0 Å². The van der Waals surface area contributed by atoms with Crippen LogP contribution in [0.15, 0.2) is 18.2 Å². The van der Waals surface area contributed by atoms with Gasteiger partial charge in [-0.3, -0.25) is 0 Å². The number of carbonyl (C=O) groups is 1. The molecular weight excluding hydrogens is 228 g/mol. The molecule has 0 atom stereocenters. The molecule has 0 radical (unpaired) electrons. The predicted molar refractivity (Wildman–Crippen MR) is 68.8 cm³/mol. The lowest BCUT2D eigenvalue weighted by atomic mass is 10.2. The van der Waals surface area contributed by atoms with E-state index in [1.807, 2.05) is 6.07 Å². The molecule has 1 fully saturated rings. The Hall–Kier alpha value is -1.84. The zero-order valence-corrected chi connectivity index (χ0v) is 10.4. The summed E-state index contributed by atoms with van der Waals surface area (Å²) < 4.78 is 2.25. The van der Waals surface area contributed by atoms with Gasteiger partial charge in [0.15, 0.2) is 0 Å². The molecule has 1 heterocycles. The topological polar surface area (TPSA) is 55.1 Å². The first-order valence-corrected chi connectivity index (χ1v) is 6.41. The first-order chi connectivity index (χ1) is 8.69. The summed E-state index contributed by atoms with van der Waals surface area (Å²) in [6.07, 6.45) is 3.48. The summed E-state index contributed by atoms with van der Waals surface area (Å²) in [4.78, 5) is 15.5. The normalized spacial score (nSPS) is 15.2. The van der Waals surface area contributed by atoms with Gasteiger partial charge in [-0.15, -0.1) is 0 Å². The number of aromatic carboxylic acids is 1. The zero-order chi connectivity index (χ0) is 12.7. The molecule has 0 amide bonds. The molecule has 1 aromatic heterocycles. The van der Waals surface area contributed by atoms with Gasteiger partial charge in [-0.1, -0.05) is 6.92 Å². The molecule has 0 bridgehead atoms. The first kappa shape index (κ1) is 11.3. The fourth-order valence-corrected chi connectivity index (χ4v) is 2.34. The quantitative estimate of drug-likeness (QED) is 0.899. The minimum Gasteiger partial charge on any atom is -0.478 e. The van der Waals surface area contributed by atoms with Crippen molar-refractivity contribution in [2.75, 3.05) is 0 Å². The molecule has 1 aliphatic rings. The number of rotatable bonds is 4. The van der Waals surface area contributed by atoms with Crippen molar-refractivity contribution in [3.63, 3.8) is 0 Å². The van der Waals surface area contributed by atoms with E-state index < -0.39 is 5.97 Å². The average Bonchev–Trinajstić information content (AvgIpc) is 3.10. The highest BCUT2D eigenvalue weighted by molar-refractivity contribution is 5.92. The van der Waals surface area contributed by atoms with Gasteiger partial charge in [0, 0.05) is 13.0 Å². The Kier molecular flexibility index (Phi) is 2.58. The van der Waals surface area contributed by atoms with Gasteiger partial charge < -0.3 is 9.67 Å². The van der Waals surface area contributed by atoms with Crippen molar-refractivity contribution in [3.8, 4) is 0 Å². The maximum absolute atomic E-state index is 11.0. The molecule has 2 aromatic rings. The van der Waals surface area contributed by atoms with Crippen LogP contribution in [0.25, 0.3) is 11.0 Å². The second-order valence-corrected chi connectivity index (χ2v) is 4.94. The number of imidazole rings is 1. The Morgan fingerprint density at radius 3 is 2.89 bits per heavy atom. The fourth-order valence-electron chi connectivity index (χ4n) is 2.34. The molecule has 0 spiro atoms. The molecule has 1 aromatic carbocycles. The third-order valence-electron chi connectivity index (χ3n) is 3.53. The molecule has 0 unspecified atom stereocenters. The molecule has 1 aliphatic carbocycles. The molecule has 1 saturated carbocycles. The maximum Gasteiger partial charge on any atom is 0.335 e. The SMILES string of the molecule is CCc1nc2cc(C(=O)O)ccc2n1CC1CC1. The third kappa shape index (κ3) is 1.88. The van der Waals surface area contributed by atoms with Crippen LogP contribution in [0.1, 0.15) is 35.9 Å². The van der Waals surface area contributed by atoms with Crippen LogP contribution in [0.3, 0.4) is 0 Å². The van der Waals surface area contributed by atoms with E-state index >= 15 is 0 Å². The standard InChI is InChI=1S/C14H16N2O2/c1-2-13-15-11-7-10(14(17)18)5-6-12(11)16(13)8-9-3-4-9/h5-7,9H,2-4,8H2,1H3,(H,17,18). The Morgan fingerprint density at radius 1 is 1.50 bits per heavy atom.